The number of carbonyl (C=O) groups excluding carboxylic acids is 1. The highest BCUT2D eigenvalue weighted by molar-refractivity contribution is 7.15. The van der Waals surface area contributed by atoms with Crippen molar-refractivity contribution in [1.29, 1.82) is 0 Å². The van der Waals surface area contributed by atoms with Crippen LogP contribution in [0, 0.1) is 0 Å². The fraction of sp³-hybridized carbons (Fsp3) is 0.500. The van der Waals surface area contributed by atoms with Crippen molar-refractivity contribution in [2.45, 2.75) is 6.42 Å². The summed E-state index contributed by atoms with van der Waals surface area (Å²) in [5.74, 6) is -0.0446. The van der Waals surface area contributed by atoms with E-state index in [1.54, 1.807) is 12.0 Å². The average Bonchev–Trinajstić information content (AvgIpc) is 2.95. The summed E-state index contributed by atoms with van der Waals surface area (Å²) in [4.78, 5) is 19.0. The van der Waals surface area contributed by atoms with E-state index >= 15 is 0 Å². The van der Waals surface area contributed by atoms with Crippen LogP contribution >= 0.6 is 11.3 Å². The molecule has 2 aromatic rings. The molecular weight excluding hydrogens is 266 g/mol. The van der Waals surface area contributed by atoms with Crippen LogP contribution in [0.4, 0.5) is 0 Å². The summed E-state index contributed by atoms with van der Waals surface area (Å²) in [7, 11) is 1.59. The first-order chi connectivity index (χ1) is 9.24. The number of imidazole rings is 1. The predicted octanol–water partition coefficient (Wildman–Crippen LogP) is 0.406. The van der Waals surface area contributed by atoms with Gasteiger partial charge in [-0.2, -0.15) is 0 Å². The molecule has 0 saturated carbocycles. The van der Waals surface area contributed by atoms with Crippen molar-refractivity contribution in [3.8, 4) is 0 Å². The molecule has 0 aliphatic carbocycles. The lowest BCUT2D eigenvalue weighted by molar-refractivity contribution is -0.131. The lowest BCUT2D eigenvalue weighted by atomic mass is 10.3. The lowest BCUT2D eigenvalue weighted by Gasteiger charge is -2.20. The quantitative estimate of drug-likeness (QED) is 0.799. The molecule has 2 heterocycles. The molecule has 0 unspecified atom stereocenters. The van der Waals surface area contributed by atoms with Gasteiger partial charge in [0, 0.05) is 38.0 Å². The number of thiazole rings is 1. The molecule has 2 rings (SSSR count). The lowest BCUT2D eigenvalue weighted by Crippen LogP contribution is -2.37. The number of fused-ring (bicyclic) bond motifs is 1. The van der Waals surface area contributed by atoms with E-state index < -0.39 is 0 Å². The summed E-state index contributed by atoms with van der Waals surface area (Å²) in [5, 5.41) is 10.9. The van der Waals surface area contributed by atoms with Crippen LogP contribution < -0.4 is 0 Å². The van der Waals surface area contributed by atoms with Gasteiger partial charge < -0.3 is 14.7 Å². The number of methoxy groups -OCH3 is 1. The molecule has 0 atom stereocenters. The summed E-state index contributed by atoms with van der Waals surface area (Å²) in [6, 6.07) is 0. The van der Waals surface area contributed by atoms with Gasteiger partial charge in [0.05, 0.1) is 25.3 Å². The van der Waals surface area contributed by atoms with Gasteiger partial charge in [0.2, 0.25) is 5.91 Å². The molecule has 6 nitrogen and oxygen atoms in total. The Balaban J connectivity index is 1.99. The van der Waals surface area contributed by atoms with Crippen LogP contribution in [0.3, 0.4) is 0 Å². The van der Waals surface area contributed by atoms with E-state index in [1.807, 2.05) is 22.2 Å². The molecule has 1 amide bonds. The number of aliphatic hydroxyl groups is 1. The monoisotopic (exact) mass is 283 g/mol. The first kappa shape index (κ1) is 14.0. The minimum atomic E-state index is -0.0479. The van der Waals surface area contributed by atoms with Crippen molar-refractivity contribution >= 4 is 22.2 Å². The normalized spacial score (nSPS) is 11.1. The van der Waals surface area contributed by atoms with Crippen molar-refractivity contribution in [1.82, 2.24) is 14.3 Å². The topological polar surface area (TPSA) is 67.1 Å². The molecule has 1 N–H and O–H groups in total. The summed E-state index contributed by atoms with van der Waals surface area (Å²) >= 11 is 1.53. The maximum Gasteiger partial charge on any atom is 0.228 e. The van der Waals surface area contributed by atoms with E-state index in [4.69, 9.17) is 9.84 Å². The van der Waals surface area contributed by atoms with E-state index in [0.717, 1.165) is 10.7 Å². The van der Waals surface area contributed by atoms with Crippen molar-refractivity contribution in [3.63, 3.8) is 0 Å². The van der Waals surface area contributed by atoms with Gasteiger partial charge in [0.1, 0.15) is 0 Å². The number of amides is 1. The highest BCUT2D eigenvalue weighted by Crippen LogP contribution is 2.12. The first-order valence-corrected chi connectivity index (χ1v) is 6.91. The summed E-state index contributed by atoms with van der Waals surface area (Å²) in [6.07, 6.45) is 4.02. The fourth-order valence-electron chi connectivity index (χ4n) is 1.81. The van der Waals surface area contributed by atoms with Gasteiger partial charge >= 0.3 is 0 Å². The van der Waals surface area contributed by atoms with E-state index in [-0.39, 0.29) is 18.9 Å². The maximum absolute atomic E-state index is 12.1. The number of aliphatic hydroxyl groups excluding tert-OH is 1. The molecule has 0 fully saturated rings. The van der Waals surface area contributed by atoms with E-state index in [1.165, 1.54) is 11.3 Å². The Hall–Kier alpha value is -1.44. The number of hydrogen-bond acceptors (Lipinski definition) is 5. The Labute approximate surface area is 115 Å². The number of ether oxygens (including phenoxy) is 1. The molecule has 104 valence electrons. The second kappa shape index (κ2) is 6.65. The van der Waals surface area contributed by atoms with Crippen LogP contribution in [0.2, 0.25) is 0 Å². The van der Waals surface area contributed by atoms with Crippen LogP contribution in [-0.2, 0) is 16.0 Å². The SMILES string of the molecule is COCCN(CCO)C(=O)Cc1cn2ccsc2n1. The highest BCUT2D eigenvalue weighted by atomic mass is 32.1. The minimum absolute atomic E-state index is 0.0446. The molecule has 19 heavy (non-hydrogen) atoms. The number of hydrogen-bond donors (Lipinski definition) is 1. The van der Waals surface area contributed by atoms with Crippen LogP contribution in [0.15, 0.2) is 17.8 Å². The summed E-state index contributed by atoms with van der Waals surface area (Å²) < 4.78 is 6.86. The Morgan fingerprint density at radius 2 is 2.42 bits per heavy atom. The third-order valence-electron chi connectivity index (χ3n) is 2.76. The molecule has 2 aromatic heterocycles. The van der Waals surface area contributed by atoms with Crippen LogP contribution in [-0.4, -0.2) is 58.7 Å². The van der Waals surface area contributed by atoms with Gasteiger partial charge in [-0.25, -0.2) is 4.98 Å². The summed E-state index contributed by atoms with van der Waals surface area (Å²) in [6.45, 7) is 1.22. The second-order valence-corrected chi connectivity index (χ2v) is 4.97. The second-order valence-electron chi connectivity index (χ2n) is 4.10. The molecule has 0 bridgehead atoms. The molecule has 0 aliphatic heterocycles. The zero-order valence-corrected chi connectivity index (χ0v) is 11.6. The van der Waals surface area contributed by atoms with Crippen LogP contribution in [0.5, 0.6) is 0 Å². The number of carbonyl (C=O) groups is 1. The van der Waals surface area contributed by atoms with Gasteiger partial charge in [-0.15, -0.1) is 11.3 Å². The number of aromatic nitrogens is 2. The fourth-order valence-corrected chi connectivity index (χ4v) is 2.53. The molecule has 0 aliphatic rings. The van der Waals surface area contributed by atoms with E-state index in [0.29, 0.717) is 19.7 Å². The molecule has 0 spiro atoms. The third kappa shape index (κ3) is 3.52. The maximum atomic E-state index is 12.1. The number of rotatable bonds is 7. The molecular formula is C12H17N3O3S. The van der Waals surface area contributed by atoms with Crippen molar-refractivity contribution in [3.05, 3.63) is 23.5 Å². The molecule has 0 radical (unpaired) electrons. The third-order valence-corrected chi connectivity index (χ3v) is 3.53. The Morgan fingerprint density at radius 3 is 3.11 bits per heavy atom. The Bertz CT molecular complexity index is 509. The standard InChI is InChI=1S/C12H17N3O3S/c1-18-6-3-14(2-5-16)11(17)8-10-9-15-4-7-19-12(15)13-10/h4,7,9,16H,2-3,5-6,8H2,1H3. The van der Waals surface area contributed by atoms with Gasteiger partial charge in [-0.05, 0) is 0 Å². The van der Waals surface area contributed by atoms with Gasteiger partial charge in [0.25, 0.3) is 0 Å². The van der Waals surface area contributed by atoms with Gasteiger partial charge in [-0.1, -0.05) is 0 Å². The van der Waals surface area contributed by atoms with E-state index in [2.05, 4.69) is 4.98 Å². The van der Waals surface area contributed by atoms with Crippen molar-refractivity contribution < 1.29 is 14.6 Å². The predicted molar refractivity (Wildman–Crippen MR) is 72.3 cm³/mol. The minimum Gasteiger partial charge on any atom is -0.395 e. The Morgan fingerprint density at radius 1 is 1.58 bits per heavy atom. The zero-order valence-electron chi connectivity index (χ0n) is 10.8. The van der Waals surface area contributed by atoms with E-state index in [9.17, 15) is 4.79 Å². The number of nitrogens with zero attached hydrogens (tertiary/aromatic N) is 3. The first-order valence-electron chi connectivity index (χ1n) is 6.03. The molecule has 0 aromatic carbocycles. The zero-order chi connectivity index (χ0) is 13.7. The smallest absolute Gasteiger partial charge is 0.228 e. The van der Waals surface area contributed by atoms with Gasteiger partial charge in [-0.3, -0.25) is 9.20 Å². The Kier molecular flexibility index (Phi) is 4.89. The van der Waals surface area contributed by atoms with Gasteiger partial charge in [0.15, 0.2) is 4.96 Å². The van der Waals surface area contributed by atoms with Crippen LogP contribution in [0.1, 0.15) is 5.69 Å². The summed E-state index contributed by atoms with van der Waals surface area (Å²) in [5.41, 5.74) is 0.747. The average molecular weight is 283 g/mol. The van der Waals surface area contributed by atoms with Crippen LogP contribution in [0.25, 0.3) is 4.96 Å². The van der Waals surface area contributed by atoms with Crippen molar-refractivity contribution in [2.75, 3.05) is 33.4 Å². The van der Waals surface area contributed by atoms with Crippen molar-refractivity contribution in [2.24, 2.45) is 0 Å². The largest absolute Gasteiger partial charge is 0.395 e. The molecule has 7 heteroatoms. The molecule has 0 saturated heterocycles. The highest BCUT2D eigenvalue weighted by Gasteiger charge is 2.15.